The highest BCUT2D eigenvalue weighted by molar-refractivity contribution is 7.89. The number of sulfonamides is 1. The SMILES string of the molecule is CCC1(CC)CC(NS(=O)(=O)c2ccc(C)cc2)c2ccccc2O1. The van der Waals surface area contributed by atoms with Crippen molar-refractivity contribution in [3.63, 3.8) is 0 Å². The zero-order chi connectivity index (χ0) is 18.1. The number of aryl methyl sites for hydroxylation is 1. The summed E-state index contributed by atoms with van der Waals surface area (Å²) < 4.78 is 34.9. The predicted octanol–water partition coefficient (Wildman–Crippen LogP) is 4.36. The molecule has 1 aliphatic rings. The molecular formula is C20H25NO3S. The molecule has 0 aromatic heterocycles. The first kappa shape index (κ1) is 18.0. The zero-order valence-corrected chi connectivity index (χ0v) is 15.8. The maximum absolute atomic E-state index is 12.9. The molecule has 1 heterocycles. The number of fused-ring (bicyclic) bond motifs is 1. The van der Waals surface area contributed by atoms with Crippen LogP contribution in [0.4, 0.5) is 0 Å². The number of hydrogen-bond donors (Lipinski definition) is 1. The van der Waals surface area contributed by atoms with Gasteiger partial charge in [-0.2, -0.15) is 0 Å². The number of nitrogens with one attached hydrogen (secondary N) is 1. The lowest BCUT2D eigenvalue weighted by Gasteiger charge is -2.41. The van der Waals surface area contributed by atoms with E-state index < -0.39 is 10.0 Å². The minimum absolute atomic E-state index is 0.292. The van der Waals surface area contributed by atoms with Crippen LogP contribution in [0.2, 0.25) is 0 Å². The fourth-order valence-corrected chi connectivity index (χ4v) is 4.59. The van der Waals surface area contributed by atoms with Crippen molar-refractivity contribution in [1.29, 1.82) is 0 Å². The molecule has 0 bridgehead atoms. The summed E-state index contributed by atoms with van der Waals surface area (Å²) >= 11 is 0. The fourth-order valence-electron chi connectivity index (χ4n) is 3.38. The standard InChI is InChI=1S/C20H25NO3S/c1-4-20(5-2)14-18(17-8-6-7-9-19(17)24-20)21-25(22,23)16-12-10-15(3)11-13-16/h6-13,18,21H,4-5,14H2,1-3H3. The Kier molecular flexibility index (Phi) is 4.89. The third-order valence-corrected chi connectivity index (χ3v) is 6.60. The minimum atomic E-state index is -3.59. The van der Waals surface area contributed by atoms with Gasteiger partial charge in [-0.1, -0.05) is 49.7 Å². The van der Waals surface area contributed by atoms with Crippen molar-refractivity contribution in [2.24, 2.45) is 0 Å². The topological polar surface area (TPSA) is 55.4 Å². The Morgan fingerprint density at radius 2 is 1.72 bits per heavy atom. The Balaban J connectivity index is 1.96. The van der Waals surface area contributed by atoms with Crippen LogP contribution in [-0.4, -0.2) is 14.0 Å². The van der Waals surface area contributed by atoms with E-state index in [1.54, 1.807) is 12.1 Å². The number of ether oxygens (including phenoxy) is 1. The van der Waals surface area contributed by atoms with E-state index >= 15 is 0 Å². The summed E-state index contributed by atoms with van der Waals surface area (Å²) in [6.07, 6.45) is 2.29. The first-order chi connectivity index (χ1) is 11.9. The average molecular weight is 359 g/mol. The molecule has 0 radical (unpaired) electrons. The van der Waals surface area contributed by atoms with Gasteiger partial charge in [-0.15, -0.1) is 0 Å². The van der Waals surface area contributed by atoms with Crippen molar-refractivity contribution in [1.82, 2.24) is 4.72 Å². The van der Waals surface area contributed by atoms with Crippen LogP contribution in [0, 0.1) is 6.92 Å². The number of benzene rings is 2. The van der Waals surface area contributed by atoms with Crippen LogP contribution >= 0.6 is 0 Å². The highest BCUT2D eigenvalue weighted by atomic mass is 32.2. The van der Waals surface area contributed by atoms with Gasteiger partial charge in [0.15, 0.2) is 0 Å². The van der Waals surface area contributed by atoms with Crippen molar-refractivity contribution in [3.8, 4) is 5.75 Å². The van der Waals surface area contributed by atoms with Gasteiger partial charge in [0.1, 0.15) is 11.4 Å². The molecule has 1 atom stereocenters. The van der Waals surface area contributed by atoms with E-state index in [-0.39, 0.29) is 11.6 Å². The summed E-state index contributed by atoms with van der Waals surface area (Å²) in [5, 5.41) is 0. The van der Waals surface area contributed by atoms with Gasteiger partial charge in [0, 0.05) is 12.0 Å². The lowest BCUT2D eigenvalue weighted by atomic mass is 9.84. The predicted molar refractivity (Wildman–Crippen MR) is 99.2 cm³/mol. The van der Waals surface area contributed by atoms with Gasteiger partial charge < -0.3 is 4.74 Å². The molecule has 0 aliphatic carbocycles. The van der Waals surface area contributed by atoms with E-state index in [4.69, 9.17) is 4.74 Å². The van der Waals surface area contributed by atoms with E-state index in [1.165, 1.54) is 0 Å². The van der Waals surface area contributed by atoms with E-state index in [0.29, 0.717) is 11.3 Å². The summed E-state index contributed by atoms with van der Waals surface area (Å²) in [7, 11) is -3.59. The number of rotatable bonds is 5. The Bertz CT molecular complexity index is 839. The highest BCUT2D eigenvalue weighted by Crippen LogP contribution is 2.43. The molecule has 3 rings (SSSR count). The van der Waals surface area contributed by atoms with Crippen LogP contribution in [0.1, 0.15) is 50.3 Å². The van der Waals surface area contributed by atoms with Gasteiger partial charge in [0.05, 0.1) is 10.9 Å². The average Bonchev–Trinajstić information content (AvgIpc) is 2.61. The molecule has 0 spiro atoms. The van der Waals surface area contributed by atoms with Gasteiger partial charge in [-0.3, -0.25) is 0 Å². The number of hydrogen-bond acceptors (Lipinski definition) is 3. The molecule has 134 valence electrons. The van der Waals surface area contributed by atoms with Crippen LogP contribution in [0.3, 0.4) is 0 Å². The molecule has 4 nitrogen and oxygen atoms in total. The van der Waals surface area contributed by atoms with E-state index in [1.807, 2.05) is 43.3 Å². The second-order valence-electron chi connectivity index (χ2n) is 6.72. The lowest BCUT2D eigenvalue weighted by Crippen LogP contribution is -2.44. The van der Waals surface area contributed by atoms with Crippen molar-refractivity contribution < 1.29 is 13.2 Å². The third-order valence-electron chi connectivity index (χ3n) is 5.11. The second-order valence-corrected chi connectivity index (χ2v) is 8.44. The maximum atomic E-state index is 12.9. The second kappa shape index (κ2) is 6.81. The zero-order valence-electron chi connectivity index (χ0n) is 15.0. The van der Waals surface area contributed by atoms with Crippen molar-refractivity contribution in [2.75, 3.05) is 0 Å². The Morgan fingerprint density at radius 3 is 2.36 bits per heavy atom. The summed E-state index contributed by atoms with van der Waals surface area (Å²) in [5.74, 6) is 0.772. The Morgan fingerprint density at radius 1 is 1.08 bits per heavy atom. The van der Waals surface area contributed by atoms with Gasteiger partial charge >= 0.3 is 0 Å². The summed E-state index contributed by atoms with van der Waals surface area (Å²) in [4.78, 5) is 0.292. The largest absolute Gasteiger partial charge is 0.487 e. The molecule has 2 aromatic carbocycles. The molecule has 0 saturated heterocycles. The molecule has 1 aliphatic heterocycles. The van der Waals surface area contributed by atoms with Crippen molar-refractivity contribution in [2.45, 2.75) is 56.6 Å². The normalized spacial score (nSPS) is 19.1. The molecule has 25 heavy (non-hydrogen) atoms. The fraction of sp³-hybridized carbons (Fsp3) is 0.400. The number of para-hydroxylation sites is 1. The minimum Gasteiger partial charge on any atom is -0.487 e. The Hall–Kier alpha value is -1.85. The first-order valence-corrected chi connectivity index (χ1v) is 10.2. The van der Waals surface area contributed by atoms with Crippen molar-refractivity contribution >= 4 is 10.0 Å². The molecular weight excluding hydrogens is 334 g/mol. The van der Waals surface area contributed by atoms with Crippen LogP contribution in [0.15, 0.2) is 53.4 Å². The summed E-state index contributed by atoms with van der Waals surface area (Å²) in [6, 6.07) is 14.3. The molecule has 0 fully saturated rings. The quantitative estimate of drug-likeness (QED) is 0.863. The maximum Gasteiger partial charge on any atom is 0.241 e. The summed E-state index contributed by atoms with van der Waals surface area (Å²) in [5.41, 5.74) is 1.59. The van der Waals surface area contributed by atoms with Gasteiger partial charge in [-0.25, -0.2) is 13.1 Å². The molecule has 5 heteroatoms. The van der Waals surface area contributed by atoms with Gasteiger partial charge in [0.25, 0.3) is 0 Å². The first-order valence-electron chi connectivity index (χ1n) is 8.76. The molecule has 0 amide bonds. The van der Waals surface area contributed by atoms with Crippen LogP contribution in [0.25, 0.3) is 0 Å². The van der Waals surface area contributed by atoms with E-state index in [2.05, 4.69) is 18.6 Å². The molecule has 1 N–H and O–H groups in total. The van der Waals surface area contributed by atoms with Gasteiger partial charge in [-0.05, 0) is 38.0 Å². The van der Waals surface area contributed by atoms with Crippen molar-refractivity contribution in [3.05, 3.63) is 59.7 Å². The van der Waals surface area contributed by atoms with Crippen LogP contribution in [-0.2, 0) is 10.0 Å². The highest BCUT2D eigenvalue weighted by Gasteiger charge is 2.39. The van der Waals surface area contributed by atoms with Crippen LogP contribution in [0.5, 0.6) is 5.75 Å². The smallest absolute Gasteiger partial charge is 0.241 e. The Labute approximate surface area is 150 Å². The van der Waals surface area contributed by atoms with E-state index in [0.717, 1.165) is 29.7 Å². The third kappa shape index (κ3) is 3.58. The lowest BCUT2D eigenvalue weighted by molar-refractivity contribution is 0.0260. The monoisotopic (exact) mass is 359 g/mol. The van der Waals surface area contributed by atoms with Gasteiger partial charge in [0.2, 0.25) is 10.0 Å². The molecule has 2 aromatic rings. The summed E-state index contributed by atoms with van der Waals surface area (Å²) in [6.45, 7) is 6.11. The molecule has 0 saturated carbocycles. The van der Waals surface area contributed by atoms with Crippen LogP contribution < -0.4 is 9.46 Å². The van der Waals surface area contributed by atoms with E-state index in [9.17, 15) is 8.42 Å². The molecule has 1 unspecified atom stereocenters.